The Kier molecular flexibility index (Phi) is 3.80. The van der Waals surface area contributed by atoms with Crippen LogP contribution in [0.4, 0.5) is 5.88 Å². The van der Waals surface area contributed by atoms with Crippen molar-refractivity contribution in [2.45, 2.75) is 0 Å². The average Bonchev–Trinajstić information content (AvgIpc) is 3.23. The number of aliphatic hydroxyl groups excluding tert-OH is 1. The highest BCUT2D eigenvalue weighted by atomic mass is 16.4. The average molecular weight is 302 g/mol. The first kappa shape index (κ1) is 14.2. The molecule has 8 heteroatoms. The Morgan fingerprint density at radius 2 is 2.18 bits per heavy atom. The fourth-order valence-electron chi connectivity index (χ4n) is 2.36. The molecule has 0 aromatic carbocycles. The van der Waals surface area contributed by atoms with Gasteiger partial charge in [0.25, 0.3) is 5.89 Å². The second kappa shape index (κ2) is 5.91. The molecule has 1 N–H and O–H groups in total. The van der Waals surface area contributed by atoms with Gasteiger partial charge in [-0.05, 0) is 12.1 Å². The molecule has 0 radical (unpaired) electrons. The topological polar surface area (TPSA) is 107 Å². The molecule has 1 amide bonds. The predicted molar refractivity (Wildman–Crippen MR) is 74.8 cm³/mol. The van der Waals surface area contributed by atoms with Crippen LogP contribution in [0.25, 0.3) is 11.7 Å². The van der Waals surface area contributed by atoms with Crippen molar-refractivity contribution < 1.29 is 18.7 Å². The number of carbonyl (C=O) groups excluding carboxylic acids is 1. The Morgan fingerprint density at radius 3 is 2.77 bits per heavy atom. The number of hydrogen-bond donors (Lipinski definition) is 1. The van der Waals surface area contributed by atoms with Crippen molar-refractivity contribution in [1.29, 1.82) is 5.26 Å². The monoisotopic (exact) mass is 302 g/mol. The van der Waals surface area contributed by atoms with Crippen molar-refractivity contribution in [3.63, 3.8) is 0 Å². The SMILES string of the molecule is N#Cc1nc(-c2ccco2)oc1N1CCN(C(=O)CO)CC1. The number of aliphatic hydroxyl groups is 1. The molecule has 1 fully saturated rings. The van der Waals surface area contributed by atoms with Gasteiger partial charge in [-0.1, -0.05) is 0 Å². The Morgan fingerprint density at radius 1 is 1.41 bits per heavy atom. The molecule has 22 heavy (non-hydrogen) atoms. The number of aromatic nitrogens is 1. The Hall–Kier alpha value is -2.79. The van der Waals surface area contributed by atoms with Gasteiger partial charge in [-0.3, -0.25) is 4.79 Å². The number of nitrogens with zero attached hydrogens (tertiary/aromatic N) is 4. The first-order chi connectivity index (χ1) is 10.7. The van der Waals surface area contributed by atoms with Gasteiger partial charge in [0.2, 0.25) is 17.5 Å². The van der Waals surface area contributed by atoms with E-state index in [2.05, 4.69) is 4.98 Å². The van der Waals surface area contributed by atoms with Crippen LogP contribution in [0, 0.1) is 11.3 Å². The summed E-state index contributed by atoms with van der Waals surface area (Å²) in [4.78, 5) is 19.0. The molecule has 0 saturated carbocycles. The molecule has 0 spiro atoms. The summed E-state index contributed by atoms with van der Waals surface area (Å²) in [5.74, 6) is 0.793. The number of anilines is 1. The third-order valence-corrected chi connectivity index (χ3v) is 3.50. The van der Waals surface area contributed by atoms with Crippen molar-refractivity contribution in [3.8, 4) is 17.7 Å². The number of nitriles is 1. The van der Waals surface area contributed by atoms with E-state index in [1.54, 1.807) is 17.0 Å². The van der Waals surface area contributed by atoms with Gasteiger partial charge in [-0.25, -0.2) is 0 Å². The summed E-state index contributed by atoms with van der Waals surface area (Å²) in [6.45, 7) is 1.44. The first-order valence-electron chi connectivity index (χ1n) is 6.81. The molecule has 2 aromatic heterocycles. The Balaban J connectivity index is 1.78. The van der Waals surface area contributed by atoms with E-state index in [1.807, 2.05) is 11.0 Å². The molecule has 2 aromatic rings. The molecule has 0 atom stereocenters. The van der Waals surface area contributed by atoms with Crippen LogP contribution in [0.2, 0.25) is 0 Å². The van der Waals surface area contributed by atoms with Crippen LogP contribution in [0.3, 0.4) is 0 Å². The summed E-state index contributed by atoms with van der Waals surface area (Å²) in [6.07, 6.45) is 1.50. The summed E-state index contributed by atoms with van der Waals surface area (Å²) in [7, 11) is 0. The lowest BCUT2D eigenvalue weighted by molar-refractivity contribution is -0.134. The number of oxazole rings is 1. The van der Waals surface area contributed by atoms with Crippen LogP contribution >= 0.6 is 0 Å². The van der Waals surface area contributed by atoms with Gasteiger partial charge in [-0.15, -0.1) is 0 Å². The van der Waals surface area contributed by atoms with E-state index in [4.69, 9.17) is 13.9 Å². The molecular weight excluding hydrogens is 288 g/mol. The molecule has 0 unspecified atom stereocenters. The highest BCUT2D eigenvalue weighted by Gasteiger charge is 2.26. The summed E-state index contributed by atoms with van der Waals surface area (Å²) in [5, 5.41) is 18.1. The van der Waals surface area contributed by atoms with E-state index in [0.29, 0.717) is 37.8 Å². The van der Waals surface area contributed by atoms with Gasteiger partial charge in [-0.2, -0.15) is 10.2 Å². The summed E-state index contributed by atoms with van der Waals surface area (Å²) in [5.41, 5.74) is 0.188. The van der Waals surface area contributed by atoms with Crippen molar-refractivity contribution in [2.75, 3.05) is 37.7 Å². The molecule has 8 nitrogen and oxygen atoms in total. The maximum Gasteiger partial charge on any atom is 0.266 e. The van der Waals surface area contributed by atoms with Gasteiger partial charge in [0.1, 0.15) is 12.7 Å². The lowest BCUT2D eigenvalue weighted by Gasteiger charge is -2.34. The lowest BCUT2D eigenvalue weighted by atomic mass is 10.3. The van der Waals surface area contributed by atoms with Crippen LogP contribution in [-0.2, 0) is 4.79 Å². The minimum absolute atomic E-state index is 0.188. The number of hydrogen-bond acceptors (Lipinski definition) is 7. The zero-order chi connectivity index (χ0) is 15.5. The van der Waals surface area contributed by atoms with E-state index in [9.17, 15) is 10.1 Å². The van der Waals surface area contributed by atoms with Gasteiger partial charge < -0.3 is 23.7 Å². The van der Waals surface area contributed by atoms with Crippen molar-refractivity contribution >= 4 is 11.8 Å². The highest BCUT2D eigenvalue weighted by Crippen LogP contribution is 2.28. The summed E-state index contributed by atoms with van der Waals surface area (Å²) < 4.78 is 10.9. The third-order valence-electron chi connectivity index (χ3n) is 3.50. The quantitative estimate of drug-likeness (QED) is 0.877. The second-order valence-electron chi connectivity index (χ2n) is 4.79. The molecule has 0 aliphatic carbocycles. The molecule has 1 aliphatic heterocycles. The molecule has 3 rings (SSSR count). The standard InChI is InChI=1S/C14H14N4O4/c15-8-10-14(22-13(16-10)11-2-1-7-21-11)18-5-3-17(4-6-18)12(20)9-19/h1-2,7,19H,3-6,9H2. The smallest absolute Gasteiger partial charge is 0.266 e. The van der Waals surface area contributed by atoms with E-state index >= 15 is 0 Å². The Bertz CT molecular complexity index is 693. The third kappa shape index (κ3) is 2.54. The normalized spacial score (nSPS) is 14.9. The summed E-state index contributed by atoms with van der Waals surface area (Å²) in [6, 6.07) is 5.43. The number of amides is 1. The second-order valence-corrected chi connectivity index (χ2v) is 4.79. The first-order valence-corrected chi connectivity index (χ1v) is 6.81. The minimum atomic E-state index is -0.492. The number of furan rings is 1. The zero-order valence-electron chi connectivity index (χ0n) is 11.7. The van der Waals surface area contributed by atoms with E-state index < -0.39 is 6.61 Å². The van der Waals surface area contributed by atoms with Gasteiger partial charge >= 0.3 is 0 Å². The molecule has 1 saturated heterocycles. The van der Waals surface area contributed by atoms with Crippen LogP contribution in [0.15, 0.2) is 27.2 Å². The van der Waals surface area contributed by atoms with Crippen LogP contribution < -0.4 is 4.90 Å². The zero-order valence-corrected chi connectivity index (χ0v) is 11.7. The molecule has 0 bridgehead atoms. The largest absolute Gasteiger partial charge is 0.459 e. The summed E-state index contributed by atoms with van der Waals surface area (Å²) >= 11 is 0. The maximum atomic E-state index is 11.4. The van der Waals surface area contributed by atoms with E-state index in [1.165, 1.54) is 6.26 Å². The number of piperazine rings is 1. The van der Waals surface area contributed by atoms with Gasteiger partial charge in [0.15, 0.2) is 5.76 Å². The van der Waals surface area contributed by atoms with Gasteiger partial charge in [0, 0.05) is 26.2 Å². The fraction of sp³-hybridized carbons (Fsp3) is 0.357. The predicted octanol–water partition coefficient (Wildman–Crippen LogP) is 0.447. The van der Waals surface area contributed by atoms with Crippen molar-refractivity contribution in [1.82, 2.24) is 9.88 Å². The van der Waals surface area contributed by atoms with Gasteiger partial charge in [0.05, 0.1) is 6.26 Å². The van der Waals surface area contributed by atoms with Crippen molar-refractivity contribution in [3.05, 3.63) is 24.1 Å². The van der Waals surface area contributed by atoms with Crippen LogP contribution in [-0.4, -0.2) is 53.7 Å². The Labute approximate surface area is 126 Å². The molecule has 114 valence electrons. The highest BCUT2D eigenvalue weighted by molar-refractivity contribution is 5.77. The van der Waals surface area contributed by atoms with Crippen molar-refractivity contribution in [2.24, 2.45) is 0 Å². The maximum absolute atomic E-state index is 11.4. The minimum Gasteiger partial charge on any atom is -0.459 e. The van der Waals surface area contributed by atoms with Crippen LogP contribution in [0.1, 0.15) is 5.69 Å². The number of carbonyl (C=O) groups is 1. The molecule has 1 aliphatic rings. The fourth-order valence-corrected chi connectivity index (χ4v) is 2.36. The molecule has 3 heterocycles. The number of rotatable bonds is 3. The van der Waals surface area contributed by atoms with E-state index in [0.717, 1.165) is 0 Å². The van der Waals surface area contributed by atoms with E-state index in [-0.39, 0.29) is 17.5 Å². The lowest BCUT2D eigenvalue weighted by Crippen LogP contribution is -2.49. The van der Waals surface area contributed by atoms with Crippen LogP contribution in [0.5, 0.6) is 0 Å². The molecular formula is C14H14N4O4.